The summed E-state index contributed by atoms with van der Waals surface area (Å²) in [6.45, 7) is 5.02. The molecule has 0 spiro atoms. The van der Waals surface area contributed by atoms with Gasteiger partial charge in [0.2, 0.25) is 5.91 Å². The number of rotatable bonds is 9. The summed E-state index contributed by atoms with van der Waals surface area (Å²) in [6.07, 6.45) is 0. The number of hydrogen-bond donors (Lipinski definition) is 2. The van der Waals surface area contributed by atoms with Crippen LogP contribution in [0.3, 0.4) is 0 Å². The molecule has 2 aromatic carbocycles. The Morgan fingerprint density at radius 1 is 1.00 bits per heavy atom. The van der Waals surface area contributed by atoms with Crippen LogP contribution in [0.1, 0.15) is 13.8 Å². The summed E-state index contributed by atoms with van der Waals surface area (Å²) in [7, 11) is 3.13. The summed E-state index contributed by atoms with van der Waals surface area (Å²) in [4.78, 5) is 12.2. The molecule has 0 atom stereocenters. The molecule has 0 saturated heterocycles. The zero-order chi connectivity index (χ0) is 18.9. The third kappa shape index (κ3) is 5.88. The zero-order valence-electron chi connectivity index (χ0n) is 15.7. The van der Waals surface area contributed by atoms with Crippen molar-refractivity contribution in [3.8, 4) is 17.2 Å². The Bertz CT molecular complexity index is 714. The first-order chi connectivity index (χ1) is 12.5. The van der Waals surface area contributed by atoms with Crippen LogP contribution in [0, 0.1) is 5.92 Å². The highest BCUT2D eigenvalue weighted by atomic mass is 16.5. The van der Waals surface area contributed by atoms with E-state index in [0.717, 1.165) is 11.4 Å². The van der Waals surface area contributed by atoms with Gasteiger partial charge in [0.1, 0.15) is 17.2 Å². The Balaban J connectivity index is 1.89. The van der Waals surface area contributed by atoms with E-state index in [-0.39, 0.29) is 12.5 Å². The van der Waals surface area contributed by atoms with Crippen molar-refractivity contribution < 1.29 is 19.0 Å². The Labute approximate surface area is 154 Å². The zero-order valence-corrected chi connectivity index (χ0v) is 15.7. The molecule has 0 radical (unpaired) electrons. The molecule has 0 aromatic heterocycles. The highest BCUT2D eigenvalue weighted by Crippen LogP contribution is 2.28. The summed E-state index contributed by atoms with van der Waals surface area (Å²) in [5.74, 6) is 2.33. The van der Waals surface area contributed by atoms with Gasteiger partial charge in [0, 0.05) is 11.8 Å². The average molecular weight is 358 g/mol. The van der Waals surface area contributed by atoms with Gasteiger partial charge < -0.3 is 24.8 Å². The van der Waals surface area contributed by atoms with Gasteiger partial charge in [-0.05, 0) is 42.3 Å². The molecule has 0 aliphatic heterocycles. The van der Waals surface area contributed by atoms with E-state index in [1.807, 2.05) is 24.3 Å². The molecule has 0 aliphatic rings. The summed E-state index contributed by atoms with van der Waals surface area (Å²) >= 11 is 0. The molecule has 140 valence electrons. The molecule has 6 nitrogen and oxygen atoms in total. The van der Waals surface area contributed by atoms with Crippen molar-refractivity contribution in [3.05, 3.63) is 42.5 Å². The predicted octanol–water partition coefficient (Wildman–Crippen LogP) is 3.79. The van der Waals surface area contributed by atoms with Crippen LogP contribution < -0.4 is 24.8 Å². The van der Waals surface area contributed by atoms with Gasteiger partial charge in [-0.3, -0.25) is 4.79 Å². The van der Waals surface area contributed by atoms with Gasteiger partial charge in [0.25, 0.3) is 0 Å². The lowest BCUT2D eigenvalue weighted by molar-refractivity contribution is -0.114. The molecular weight excluding hydrogens is 332 g/mol. The van der Waals surface area contributed by atoms with E-state index in [4.69, 9.17) is 14.2 Å². The van der Waals surface area contributed by atoms with Gasteiger partial charge in [-0.1, -0.05) is 13.8 Å². The Morgan fingerprint density at radius 3 is 2.31 bits per heavy atom. The molecule has 0 bridgehead atoms. The fourth-order valence-electron chi connectivity index (χ4n) is 2.22. The molecule has 2 aromatic rings. The van der Waals surface area contributed by atoms with Crippen LogP contribution >= 0.6 is 0 Å². The quantitative estimate of drug-likeness (QED) is 0.714. The minimum Gasteiger partial charge on any atom is -0.497 e. The maximum atomic E-state index is 12.2. The summed E-state index contributed by atoms with van der Waals surface area (Å²) in [5, 5.41) is 5.90. The van der Waals surface area contributed by atoms with E-state index >= 15 is 0 Å². The lowest BCUT2D eigenvalue weighted by Crippen LogP contribution is -2.22. The average Bonchev–Trinajstić information content (AvgIpc) is 2.65. The minimum absolute atomic E-state index is 0.132. The second-order valence-corrected chi connectivity index (χ2v) is 6.20. The molecule has 0 heterocycles. The normalized spacial score (nSPS) is 10.3. The molecule has 0 unspecified atom stereocenters. The maximum Gasteiger partial charge on any atom is 0.243 e. The Kier molecular flexibility index (Phi) is 7.14. The highest BCUT2D eigenvalue weighted by Gasteiger charge is 2.09. The van der Waals surface area contributed by atoms with Crippen molar-refractivity contribution >= 4 is 17.3 Å². The van der Waals surface area contributed by atoms with E-state index in [2.05, 4.69) is 24.5 Å². The van der Waals surface area contributed by atoms with Crippen molar-refractivity contribution in [1.82, 2.24) is 0 Å². The molecule has 6 heteroatoms. The van der Waals surface area contributed by atoms with Crippen LogP contribution in [-0.2, 0) is 4.79 Å². The number of methoxy groups -OCH3 is 2. The molecule has 2 N–H and O–H groups in total. The Hall–Kier alpha value is -2.89. The van der Waals surface area contributed by atoms with Crippen LogP contribution in [0.4, 0.5) is 11.4 Å². The molecule has 0 aliphatic carbocycles. The first-order valence-electron chi connectivity index (χ1n) is 8.50. The number of amides is 1. The van der Waals surface area contributed by atoms with E-state index in [0.29, 0.717) is 29.7 Å². The van der Waals surface area contributed by atoms with Gasteiger partial charge >= 0.3 is 0 Å². The number of carbonyl (C=O) groups excluding carboxylic acids is 1. The molecule has 26 heavy (non-hydrogen) atoms. The number of benzene rings is 2. The van der Waals surface area contributed by atoms with Gasteiger partial charge in [0.05, 0.1) is 33.1 Å². The lowest BCUT2D eigenvalue weighted by Gasteiger charge is -2.13. The summed E-state index contributed by atoms with van der Waals surface area (Å²) < 4.78 is 16.1. The third-order valence-corrected chi connectivity index (χ3v) is 3.57. The van der Waals surface area contributed by atoms with Crippen LogP contribution in [0.25, 0.3) is 0 Å². The Morgan fingerprint density at radius 2 is 1.69 bits per heavy atom. The standard InChI is InChI=1S/C20H26N2O4/c1-14(2)13-26-16-7-5-15(6-8-16)21-12-20(23)22-18-11-17(24-3)9-10-19(18)25-4/h5-11,14,21H,12-13H2,1-4H3,(H,22,23). The molecular formula is C20H26N2O4. The smallest absolute Gasteiger partial charge is 0.243 e. The minimum atomic E-state index is -0.184. The van der Waals surface area contributed by atoms with E-state index in [1.165, 1.54) is 0 Å². The van der Waals surface area contributed by atoms with Crippen LogP contribution in [-0.4, -0.2) is 33.3 Å². The number of anilines is 2. The third-order valence-electron chi connectivity index (χ3n) is 3.57. The van der Waals surface area contributed by atoms with Crippen LogP contribution in [0.2, 0.25) is 0 Å². The highest BCUT2D eigenvalue weighted by molar-refractivity contribution is 5.95. The topological polar surface area (TPSA) is 68.8 Å². The van der Waals surface area contributed by atoms with Crippen molar-refractivity contribution in [3.63, 3.8) is 0 Å². The first-order valence-corrected chi connectivity index (χ1v) is 8.50. The summed E-state index contributed by atoms with van der Waals surface area (Å²) in [6, 6.07) is 12.8. The first kappa shape index (κ1) is 19.4. The number of carbonyl (C=O) groups is 1. The van der Waals surface area contributed by atoms with Crippen molar-refractivity contribution in [2.45, 2.75) is 13.8 Å². The predicted molar refractivity (Wildman–Crippen MR) is 103 cm³/mol. The maximum absolute atomic E-state index is 12.2. The molecule has 0 fully saturated rings. The van der Waals surface area contributed by atoms with Crippen molar-refractivity contribution in [2.75, 3.05) is 38.0 Å². The van der Waals surface area contributed by atoms with Crippen LogP contribution in [0.5, 0.6) is 17.2 Å². The van der Waals surface area contributed by atoms with Gasteiger partial charge in [-0.25, -0.2) is 0 Å². The second kappa shape index (κ2) is 9.56. The number of hydrogen-bond acceptors (Lipinski definition) is 5. The van der Waals surface area contributed by atoms with E-state index in [9.17, 15) is 4.79 Å². The van der Waals surface area contributed by atoms with Gasteiger partial charge in [-0.2, -0.15) is 0 Å². The monoisotopic (exact) mass is 358 g/mol. The SMILES string of the molecule is COc1ccc(OC)c(NC(=O)CNc2ccc(OCC(C)C)cc2)c1. The molecule has 0 saturated carbocycles. The lowest BCUT2D eigenvalue weighted by atomic mass is 10.2. The van der Waals surface area contributed by atoms with Crippen molar-refractivity contribution in [2.24, 2.45) is 5.92 Å². The van der Waals surface area contributed by atoms with Crippen molar-refractivity contribution in [1.29, 1.82) is 0 Å². The second-order valence-electron chi connectivity index (χ2n) is 6.20. The fraction of sp³-hybridized carbons (Fsp3) is 0.350. The molecule has 1 amide bonds. The van der Waals surface area contributed by atoms with Crippen LogP contribution in [0.15, 0.2) is 42.5 Å². The number of ether oxygens (including phenoxy) is 3. The summed E-state index contributed by atoms with van der Waals surface area (Å²) in [5.41, 5.74) is 1.41. The largest absolute Gasteiger partial charge is 0.497 e. The van der Waals surface area contributed by atoms with E-state index < -0.39 is 0 Å². The number of nitrogens with one attached hydrogen (secondary N) is 2. The van der Waals surface area contributed by atoms with Gasteiger partial charge in [0.15, 0.2) is 0 Å². The molecule has 2 rings (SSSR count). The van der Waals surface area contributed by atoms with E-state index in [1.54, 1.807) is 32.4 Å². The fourth-order valence-corrected chi connectivity index (χ4v) is 2.22. The van der Waals surface area contributed by atoms with Gasteiger partial charge in [-0.15, -0.1) is 0 Å².